The Kier molecular flexibility index (Phi) is 3.21. The van der Waals surface area contributed by atoms with Gasteiger partial charge in [-0.05, 0) is 30.2 Å². The smallest absolute Gasteiger partial charge is 0.339 e. The second kappa shape index (κ2) is 5.05. The van der Waals surface area contributed by atoms with Gasteiger partial charge in [0, 0.05) is 6.42 Å². The monoisotopic (exact) mass is 289 g/mol. The summed E-state index contributed by atoms with van der Waals surface area (Å²) in [7, 11) is 0. The summed E-state index contributed by atoms with van der Waals surface area (Å²) in [5, 5.41) is 9.07. The minimum Gasteiger partial charge on any atom is -0.478 e. The Morgan fingerprint density at radius 3 is 2.90 bits per heavy atom. The van der Waals surface area contributed by atoms with E-state index < -0.39 is 11.8 Å². The third-order valence-corrected chi connectivity index (χ3v) is 3.52. The highest BCUT2D eigenvalue weighted by Crippen LogP contribution is 2.30. The third kappa shape index (κ3) is 2.40. The van der Waals surface area contributed by atoms with Crippen LogP contribution >= 0.6 is 0 Å². The topological polar surface area (TPSA) is 70.8 Å². The van der Waals surface area contributed by atoms with E-state index in [1.165, 1.54) is 29.4 Å². The summed E-state index contributed by atoms with van der Waals surface area (Å²) in [6.45, 7) is -0.0239. The van der Waals surface area contributed by atoms with Crippen molar-refractivity contribution in [2.24, 2.45) is 0 Å². The molecule has 0 atom stereocenters. The first-order valence-electron chi connectivity index (χ1n) is 6.44. The summed E-state index contributed by atoms with van der Waals surface area (Å²) in [6, 6.07) is 5.61. The van der Waals surface area contributed by atoms with E-state index in [4.69, 9.17) is 9.52 Å². The molecule has 1 aromatic carbocycles. The van der Waals surface area contributed by atoms with Gasteiger partial charge in [0.2, 0.25) is 5.91 Å². The molecule has 1 aliphatic heterocycles. The van der Waals surface area contributed by atoms with Crippen LogP contribution in [0.15, 0.2) is 34.9 Å². The van der Waals surface area contributed by atoms with Gasteiger partial charge in [0.1, 0.15) is 17.1 Å². The molecule has 0 radical (unpaired) electrons. The molecular weight excluding hydrogens is 277 g/mol. The predicted molar refractivity (Wildman–Crippen MR) is 71.6 cm³/mol. The maximum Gasteiger partial charge on any atom is 0.339 e. The summed E-state index contributed by atoms with van der Waals surface area (Å²) < 4.78 is 18.6. The van der Waals surface area contributed by atoms with Crippen LogP contribution in [0.4, 0.5) is 10.1 Å². The van der Waals surface area contributed by atoms with Crippen LogP contribution in [0.2, 0.25) is 0 Å². The van der Waals surface area contributed by atoms with Crippen LogP contribution in [0.3, 0.4) is 0 Å². The normalized spacial score (nSPS) is 14.1. The second-order valence-electron chi connectivity index (χ2n) is 4.82. The van der Waals surface area contributed by atoms with Crippen molar-refractivity contribution in [2.75, 3.05) is 4.90 Å². The molecule has 2 aromatic rings. The number of halogens is 1. The van der Waals surface area contributed by atoms with Crippen LogP contribution in [-0.4, -0.2) is 17.0 Å². The highest BCUT2D eigenvalue weighted by molar-refractivity contribution is 5.97. The number of carbonyl (C=O) groups is 2. The van der Waals surface area contributed by atoms with Gasteiger partial charge in [0.25, 0.3) is 0 Å². The molecule has 5 nitrogen and oxygen atoms in total. The fourth-order valence-corrected chi connectivity index (χ4v) is 2.48. The van der Waals surface area contributed by atoms with Crippen LogP contribution in [-0.2, 0) is 17.8 Å². The van der Waals surface area contributed by atoms with E-state index >= 15 is 0 Å². The summed E-state index contributed by atoms with van der Waals surface area (Å²) in [5.41, 5.74) is 1.34. The predicted octanol–water partition coefficient (Wildman–Crippen LogP) is 2.60. The number of benzene rings is 1. The minimum atomic E-state index is -1.12. The van der Waals surface area contributed by atoms with Crippen molar-refractivity contribution in [3.63, 3.8) is 0 Å². The lowest BCUT2D eigenvalue weighted by Crippen LogP contribution is -2.34. The number of rotatable bonds is 3. The number of aromatic carboxylic acids is 1. The molecule has 3 rings (SSSR count). The van der Waals surface area contributed by atoms with E-state index in [1.54, 1.807) is 6.07 Å². The lowest BCUT2D eigenvalue weighted by molar-refractivity contribution is -0.119. The van der Waals surface area contributed by atoms with Crippen molar-refractivity contribution in [3.8, 4) is 0 Å². The van der Waals surface area contributed by atoms with Crippen molar-refractivity contribution in [3.05, 3.63) is 53.2 Å². The van der Waals surface area contributed by atoms with Gasteiger partial charge in [-0.1, -0.05) is 6.07 Å². The van der Waals surface area contributed by atoms with Crippen LogP contribution in [0.5, 0.6) is 0 Å². The van der Waals surface area contributed by atoms with Gasteiger partial charge >= 0.3 is 5.97 Å². The van der Waals surface area contributed by atoms with E-state index in [9.17, 15) is 14.0 Å². The van der Waals surface area contributed by atoms with E-state index in [2.05, 4.69) is 0 Å². The zero-order valence-electron chi connectivity index (χ0n) is 11.0. The summed E-state index contributed by atoms with van der Waals surface area (Å²) in [6.07, 6.45) is 2.12. The van der Waals surface area contributed by atoms with E-state index in [1.807, 2.05) is 0 Å². The molecule has 108 valence electrons. The number of nitrogens with zero attached hydrogens (tertiary/aromatic N) is 1. The number of hydrogen-bond donors (Lipinski definition) is 1. The third-order valence-electron chi connectivity index (χ3n) is 3.52. The number of carboxylic acids is 1. The lowest BCUT2D eigenvalue weighted by Gasteiger charge is -2.28. The van der Waals surface area contributed by atoms with Gasteiger partial charge in [-0.25, -0.2) is 9.18 Å². The van der Waals surface area contributed by atoms with Crippen molar-refractivity contribution in [2.45, 2.75) is 19.4 Å². The molecule has 2 heterocycles. The maximum atomic E-state index is 13.4. The average molecular weight is 289 g/mol. The number of carbonyl (C=O) groups excluding carboxylic acids is 1. The molecular formula is C15H12FNO4. The molecule has 0 bridgehead atoms. The van der Waals surface area contributed by atoms with E-state index in [-0.39, 0.29) is 23.8 Å². The minimum absolute atomic E-state index is 0.00586. The first-order chi connectivity index (χ1) is 10.1. The molecule has 0 saturated carbocycles. The molecule has 1 aromatic heterocycles. The first-order valence-corrected chi connectivity index (χ1v) is 6.44. The zero-order valence-corrected chi connectivity index (χ0v) is 11.0. The Balaban J connectivity index is 1.98. The van der Waals surface area contributed by atoms with E-state index in [0.29, 0.717) is 18.5 Å². The molecule has 1 N–H and O–H groups in total. The van der Waals surface area contributed by atoms with Crippen LogP contribution in [0.25, 0.3) is 0 Å². The number of anilines is 1. The highest BCUT2D eigenvalue weighted by atomic mass is 19.1. The van der Waals surface area contributed by atoms with Gasteiger partial charge in [0.15, 0.2) is 0 Å². The number of hydrogen-bond acceptors (Lipinski definition) is 3. The first kappa shape index (κ1) is 13.4. The van der Waals surface area contributed by atoms with Gasteiger partial charge in [-0.3, -0.25) is 4.79 Å². The van der Waals surface area contributed by atoms with Crippen LogP contribution in [0.1, 0.15) is 28.1 Å². The zero-order chi connectivity index (χ0) is 15.0. The Hall–Kier alpha value is -2.63. The maximum absolute atomic E-state index is 13.4. The highest BCUT2D eigenvalue weighted by Gasteiger charge is 2.27. The number of furan rings is 1. The van der Waals surface area contributed by atoms with Crippen molar-refractivity contribution >= 4 is 17.6 Å². The van der Waals surface area contributed by atoms with Gasteiger partial charge in [-0.2, -0.15) is 0 Å². The fraction of sp³-hybridized carbons (Fsp3) is 0.200. The Bertz CT molecular complexity index is 722. The van der Waals surface area contributed by atoms with Crippen LogP contribution in [0, 0.1) is 5.82 Å². The molecule has 1 aliphatic rings. The quantitative estimate of drug-likeness (QED) is 0.942. The van der Waals surface area contributed by atoms with E-state index in [0.717, 1.165) is 5.56 Å². The molecule has 0 saturated heterocycles. The number of amides is 1. The van der Waals surface area contributed by atoms with Crippen molar-refractivity contribution < 1.29 is 23.5 Å². The summed E-state index contributed by atoms with van der Waals surface area (Å²) in [5.74, 6) is -1.57. The molecule has 0 unspecified atom stereocenters. The Labute approximate surface area is 119 Å². The summed E-state index contributed by atoms with van der Waals surface area (Å²) >= 11 is 0. The number of aryl methyl sites for hydroxylation is 1. The number of fused-ring (bicyclic) bond motifs is 1. The van der Waals surface area contributed by atoms with Crippen molar-refractivity contribution in [1.29, 1.82) is 0 Å². The lowest BCUT2D eigenvalue weighted by atomic mass is 10.0. The molecule has 21 heavy (non-hydrogen) atoms. The fourth-order valence-electron chi connectivity index (χ4n) is 2.48. The largest absolute Gasteiger partial charge is 0.478 e. The SMILES string of the molecule is O=C(O)c1ccoc1CN1C(=O)CCc2ccc(F)cc21. The second-order valence-corrected chi connectivity index (χ2v) is 4.82. The Morgan fingerprint density at radius 2 is 2.14 bits per heavy atom. The van der Waals surface area contributed by atoms with Gasteiger partial charge in [-0.15, -0.1) is 0 Å². The standard InChI is InChI=1S/C15H12FNO4/c16-10-3-1-9-2-4-14(18)17(12(9)7-10)8-13-11(15(19)20)5-6-21-13/h1,3,5-7H,2,4,8H2,(H,19,20). The number of carboxylic acid groups (broad SMARTS) is 1. The van der Waals surface area contributed by atoms with Crippen molar-refractivity contribution in [1.82, 2.24) is 0 Å². The molecule has 0 fully saturated rings. The molecule has 6 heteroatoms. The van der Waals surface area contributed by atoms with Gasteiger partial charge in [0.05, 0.1) is 18.5 Å². The Morgan fingerprint density at radius 1 is 1.33 bits per heavy atom. The molecule has 1 amide bonds. The molecule has 0 spiro atoms. The van der Waals surface area contributed by atoms with Gasteiger partial charge < -0.3 is 14.4 Å². The average Bonchev–Trinajstić information content (AvgIpc) is 2.90. The molecule has 0 aliphatic carbocycles. The van der Waals surface area contributed by atoms with Crippen LogP contribution < -0.4 is 4.90 Å². The summed E-state index contributed by atoms with van der Waals surface area (Å²) in [4.78, 5) is 24.5.